The van der Waals surface area contributed by atoms with Crippen LogP contribution in [0.2, 0.25) is 0 Å². The Morgan fingerprint density at radius 2 is 0.794 bits per heavy atom. The molecule has 2 aliphatic rings. The highest BCUT2D eigenvalue weighted by Crippen LogP contribution is 2.61. The second kappa shape index (κ2) is 12.9. The molecular formula is C61H38N2. The van der Waals surface area contributed by atoms with Gasteiger partial charge in [-0.2, -0.15) is 0 Å². The molecule has 0 bridgehead atoms. The Hall–Kier alpha value is -8.20. The molecule has 0 fully saturated rings. The fourth-order valence-electron chi connectivity index (χ4n) is 11.6. The maximum absolute atomic E-state index is 2.54. The molecule has 12 aromatic rings. The van der Waals surface area contributed by atoms with E-state index in [4.69, 9.17) is 0 Å². The van der Waals surface area contributed by atoms with Gasteiger partial charge in [-0.25, -0.2) is 0 Å². The van der Waals surface area contributed by atoms with Crippen LogP contribution in [0.15, 0.2) is 231 Å². The summed E-state index contributed by atoms with van der Waals surface area (Å²) >= 11 is 0. The largest absolute Gasteiger partial charge is 0.310 e. The van der Waals surface area contributed by atoms with Gasteiger partial charge in [-0.3, -0.25) is 0 Å². The van der Waals surface area contributed by atoms with Crippen molar-refractivity contribution in [1.29, 1.82) is 0 Å². The van der Waals surface area contributed by atoms with Gasteiger partial charge < -0.3 is 9.47 Å². The Morgan fingerprint density at radius 1 is 0.302 bits per heavy atom. The van der Waals surface area contributed by atoms with E-state index >= 15 is 0 Å². The number of para-hydroxylation sites is 2. The average molecular weight is 799 g/mol. The fraction of sp³-hybridized carbons (Fsp3) is 0.0164. The van der Waals surface area contributed by atoms with Crippen LogP contribution < -0.4 is 4.90 Å². The normalized spacial score (nSPS) is 13.2. The summed E-state index contributed by atoms with van der Waals surface area (Å²) in [7, 11) is 0. The van der Waals surface area contributed by atoms with Crippen LogP contribution in [0.3, 0.4) is 0 Å². The summed E-state index contributed by atoms with van der Waals surface area (Å²) in [5, 5.41) is 10.1. The Bertz CT molecular complexity index is 3790. The molecule has 0 N–H and O–H groups in total. The van der Waals surface area contributed by atoms with E-state index in [-0.39, 0.29) is 0 Å². The van der Waals surface area contributed by atoms with Crippen LogP contribution in [0.1, 0.15) is 22.3 Å². The van der Waals surface area contributed by atoms with Crippen molar-refractivity contribution in [2.45, 2.75) is 5.41 Å². The van der Waals surface area contributed by atoms with Gasteiger partial charge in [-0.15, -0.1) is 0 Å². The summed E-state index contributed by atoms with van der Waals surface area (Å²) in [6.07, 6.45) is 0. The highest BCUT2D eigenvalue weighted by molar-refractivity contribution is 6.26. The zero-order chi connectivity index (χ0) is 41.2. The van der Waals surface area contributed by atoms with Gasteiger partial charge in [-0.05, 0) is 125 Å². The summed E-state index contributed by atoms with van der Waals surface area (Å²) in [5.74, 6) is 0. The highest BCUT2D eigenvalue weighted by Gasteiger charge is 2.50. The quantitative estimate of drug-likeness (QED) is 0.161. The second-order valence-corrected chi connectivity index (χ2v) is 17.2. The van der Waals surface area contributed by atoms with E-state index in [0.717, 1.165) is 17.1 Å². The zero-order valence-electron chi connectivity index (χ0n) is 34.3. The molecule has 1 aliphatic carbocycles. The maximum atomic E-state index is 2.54. The number of anilines is 3. The van der Waals surface area contributed by atoms with Crippen molar-refractivity contribution < 1.29 is 0 Å². The lowest BCUT2D eigenvalue weighted by Crippen LogP contribution is -2.33. The van der Waals surface area contributed by atoms with Gasteiger partial charge in [-0.1, -0.05) is 182 Å². The third-order valence-electron chi connectivity index (χ3n) is 14.1. The summed E-state index contributed by atoms with van der Waals surface area (Å²) in [4.78, 5) is 2.46. The first-order valence-corrected chi connectivity index (χ1v) is 21.9. The molecule has 63 heavy (non-hydrogen) atoms. The molecule has 2 nitrogen and oxygen atoms in total. The fourth-order valence-corrected chi connectivity index (χ4v) is 11.6. The first-order chi connectivity index (χ1) is 31.3. The van der Waals surface area contributed by atoms with E-state index < -0.39 is 5.41 Å². The molecule has 0 saturated carbocycles. The summed E-state index contributed by atoms with van der Waals surface area (Å²) in [6, 6.07) is 85.9. The van der Waals surface area contributed by atoms with Gasteiger partial charge in [0.2, 0.25) is 0 Å². The smallest absolute Gasteiger partial charge is 0.0754 e. The van der Waals surface area contributed by atoms with E-state index in [2.05, 4.69) is 240 Å². The average Bonchev–Trinajstić information content (AvgIpc) is 3.85. The summed E-state index contributed by atoms with van der Waals surface area (Å²) in [5.41, 5.74) is 17.0. The molecule has 1 aromatic heterocycles. The van der Waals surface area contributed by atoms with E-state index in [1.54, 1.807) is 0 Å². The molecule has 0 saturated heterocycles. The lowest BCUT2D eigenvalue weighted by atomic mass is 9.65. The Balaban J connectivity index is 1.05. The van der Waals surface area contributed by atoms with Crippen molar-refractivity contribution in [2.75, 3.05) is 4.90 Å². The predicted molar refractivity (Wildman–Crippen MR) is 264 cm³/mol. The number of nitrogens with zero attached hydrogens (tertiary/aromatic N) is 2. The van der Waals surface area contributed by atoms with E-state index in [1.165, 1.54) is 104 Å². The van der Waals surface area contributed by atoms with Gasteiger partial charge in [0.05, 0.1) is 22.1 Å². The standard InChI is InChI=1S/C61H38N2/c1-2-16-39(17-3-1)40-18-14-19-41(36-40)62(42-32-34-48-46-22-5-4-20-44(46)45-21-6-7-23-47(45)52(48)37-42)43-33-35-58-53(38-43)51-26-15-30-57-60(51)63(58)59-31-13-12-29-56(59)61(57)54-27-10-8-24-49(54)50-25-9-11-28-55(50)61/h1-38H. The molecule has 11 aromatic carbocycles. The number of rotatable bonds is 4. The van der Waals surface area contributed by atoms with E-state index in [1.807, 2.05) is 0 Å². The molecule has 292 valence electrons. The molecule has 0 amide bonds. The molecule has 2 heterocycles. The van der Waals surface area contributed by atoms with Crippen LogP contribution in [0, 0.1) is 0 Å². The minimum atomic E-state index is -0.446. The number of hydrogen-bond acceptors (Lipinski definition) is 1. The van der Waals surface area contributed by atoms with Crippen LogP contribution in [0.4, 0.5) is 17.1 Å². The number of aromatic nitrogens is 1. The molecule has 14 rings (SSSR count). The monoisotopic (exact) mass is 798 g/mol. The van der Waals surface area contributed by atoms with Crippen LogP contribution >= 0.6 is 0 Å². The first kappa shape index (κ1) is 34.5. The van der Waals surface area contributed by atoms with Crippen LogP contribution in [0.25, 0.3) is 82.1 Å². The van der Waals surface area contributed by atoms with Crippen molar-refractivity contribution in [3.8, 4) is 27.9 Å². The maximum Gasteiger partial charge on any atom is 0.0754 e. The van der Waals surface area contributed by atoms with Gasteiger partial charge in [0.15, 0.2) is 0 Å². The molecular weight excluding hydrogens is 761 g/mol. The van der Waals surface area contributed by atoms with Crippen molar-refractivity contribution >= 4 is 71.2 Å². The molecule has 1 aliphatic heterocycles. The third kappa shape index (κ3) is 4.62. The second-order valence-electron chi connectivity index (χ2n) is 17.2. The van der Waals surface area contributed by atoms with Crippen molar-refractivity contribution in [2.24, 2.45) is 0 Å². The minimum Gasteiger partial charge on any atom is -0.310 e. The molecule has 0 atom stereocenters. The molecule has 1 spiro atoms. The van der Waals surface area contributed by atoms with E-state index in [0.29, 0.717) is 0 Å². The van der Waals surface area contributed by atoms with Gasteiger partial charge >= 0.3 is 0 Å². The Kier molecular flexibility index (Phi) is 7.07. The molecule has 0 radical (unpaired) electrons. The van der Waals surface area contributed by atoms with Gasteiger partial charge in [0.25, 0.3) is 0 Å². The van der Waals surface area contributed by atoms with Crippen LogP contribution in [0.5, 0.6) is 0 Å². The van der Waals surface area contributed by atoms with Crippen molar-refractivity contribution in [3.63, 3.8) is 0 Å². The first-order valence-electron chi connectivity index (χ1n) is 21.9. The van der Waals surface area contributed by atoms with Gasteiger partial charge in [0.1, 0.15) is 0 Å². The Labute approximate surface area is 365 Å². The summed E-state index contributed by atoms with van der Waals surface area (Å²) < 4.78 is 2.54. The van der Waals surface area contributed by atoms with Crippen LogP contribution in [-0.4, -0.2) is 4.57 Å². The molecule has 0 unspecified atom stereocenters. The number of fused-ring (bicyclic) bond motifs is 18. The molecule has 2 heteroatoms. The summed E-state index contributed by atoms with van der Waals surface area (Å²) in [6.45, 7) is 0. The predicted octanol–water partition coefficient (Wildman–Crippen LogP) is 16.1. The topological polar surface area (TPSA) is 8.17 Å². The van der Waals surface area contributed by atoms with Crippen LogP contribution in [-0.2, 0) is 5.41 Å². The minimum absolute atomic E-state index is 0.446. The highest BCUT2D eigenvalue weighted by atomic mass is 15.1. The van der Waals surface area contributed by atoms with Crippen molar-refractivity contribution in [1.82, 2.24) is 4.57 Å². The number of hydrogen-bond donors (Lipinski definition) is 0. The SMILES string of the molecule is c1ccc(-c2cccc(N(c3ccc4c5ccccc5c5ccccc5c4c3)c3ccc4c(c3)c3cccc5c3n4-c3ccccc3C53c4ccccc4-c4ccccc43)c2)cc1. The lowest BCUT2D eigenvalue weighted by molar-refractivity contribution is 0.748. The van der Waals surface area contributed by atoms with E-state index in [9.17, 15) is 0 Å². The number of benzene rings is 11. The Morgan fingerprint density at radius 3 is 1.51 bits per heavy atom. The zero-order valence-corrected chi connectivity index (χ0v) is 34.3. The van der Waals surface area contributed by atoms with Gasteiger partial charge in [0, 0.05) is 27.8 Å². The third-order valence-corrected chi connectivity index (χ3v) is 14.1. The van der Waals surface area contributed by atoms with Crippen molar-refractivity contribution in [3.05, 3.63) is 253 Å². The lowest BCUT2D eigenvalue weighted by Gasteiger charge is -2.39.